The van der Waals surface area contributed by atoms with E-state index in [9.17, 15) is 14.4 Å². The first-order chi connectivity index (χ1) is 9.99. The zero-order valence-corrected chi connectivity index (χ0v) is 12.0. The van der Waals surface area contributed by atoms with Crippen LogP contribution < -0.4 is 5.56 Å². The molecule has 0 spiro atoms. The molecule has 21 heavy (non-hydrogen) atoms. The summed E-state index contributed by atoms with van der Waals surface area (Å²) in [6.07, 6.45) is 0.647. The van der Waals surface area contributed by atoms with Gasteiger partial charge in [-0.1, -0.05) is 12.1 Å². The molecule has 5 heteroatoms. The molecule has 1 aliphatic rings. The molecule has 108 valence electrons. The third kappa shape index (κ3) is 2.18. The fraction of sp³-hybridized carbons (Fsp3) is 0.375. The maximum Gasteiger partial charge on any atom is 0.262 e. The Hall–Kier alpha value is -2.30. The van der Waals surface area contributed by atoms with Crippen molar-refractivity contribution in [3.8, 4) is 0 Å². The number of benzene rings is 1. The van der Waals surface area contributed by atoms with Gasteiger partial charge >= 0.3 is 0 Å². The molecule has 0 amide bonds. The van der Waals surface area contributed by atoms with Crippen LogP contribution in [0.2, 0.25) is 0 Å². The van der Waals surface area contributed by atoms with Crippen LogP contribution in [0, 0.1) is 13.8 Å². The van der Waals surface area contributed by atoms with Gasteiger partial charge in [0.1, 0.15) is 11.6 Å². The highest BCUT2D eigenvalue weighted by atomic mass is 16.2. The molecule has 1 aromatic carbocycles. The highest BCUT2D eigenvalue weighted by Gasteiger charge is 2.30. The van der Waals surface area contributed by atoms with E-state index in [1.165, 1.54) is 4.57 Å². The highest BCUT2D eigenvalue weighted by molar-refractivity contribution is 6.03. The second-order valence-corrected chi connectivity index (χ2v) is 5.54. The van der Waals surface area contributed by atoms with Gasteiger partial charge < -0.3 is 0 Å². The van der Waals surface area contributed by atoms with E-state index in [-0.39, 0.29) is 23.5 Å². The molecule has 1 atom stereocenters. The second-order valence-electron chi connectivity index (χ2n) is 5.54. The maximum absolute atomic E-state index is 12.8. The number of rotatable bonds is 1. The van der Waals surface area contributed by atoms with Crippen LogP contribution in [0.3, 0.4) is 0 Å². The van der Waals surface area contributed by atoms with Crippen molar-refractivity contribution in [2.45, 2.75) is 39.2 Å². The normalized spacial score (nSPS) is 19.2. The smallest absolute Gasteiger partial charge is 0.262 e. The molecule has 1 aromatic heterocycles. The summed E-state index contributed by atoms with van der Waals surface area (Å²) >= 11 is 0. The first-order valence-corrected chi connectivity index (χ1v) is 7.02. The third-order valence-electron chi connectivity index (χ3n) is 4.07. The monoisotopic (exact) mass is 284 g/mol. The minimum atomic E-state index is -0.563. The fourth-order valence-corrected chi connectivity index (χ4v) is 3.02. The van der Waals surface area contributed by atoms with E-state index in [0.29, 0.717) is 29.6 Å². The van der Waals surface area contributed by atoms with Crippen molar-refractivity contribution in [3.63, 3.8) is 0 Å². The fourth-order valence-electron chi connectivity index (χ4n) is 3.02. The van der Waals surface area contributed by atoms with E-state index < -0.39 is 6.04 Å². The minimum Gasteiger partial charge on any atom is -0.299 e. The van der Waals surface area contributed by atoms with Crippen molar-refractivity contribution in [2.75, 3.05) is 0 Å². The Kier molecular flexibility index (Phi) is 3.20. The Labute approximate surface area is 121 Å². The number of aromatic nitrogens is 2. The molecular weight excluding hydrogens is 268 g/mol. The standard InChI is InChI=1S/C16H16N2O3/c1-9-4-3-5-12-15(9)16(21)18(10(2)17-12)13-7-6-11(19)8-14(13)20/h3-5,13H,6-8H2,1-2H3/t13-/m0/s1. The van der Waals surface area contributed by atoms with Gasteiger partial charge in [-0.05, 0) is 31.9 Å². The number of fused-ring (bicyclic) bond motifs is 1. The molecule has 1 fully saturated rings. The molecule has 3 rings (SSSR count). The first-order valence-electron chi connectivity index (χ1n) is 7.02. The van der Waals surface area contributed by atoms with Crippen molar-refractivity contribution in [1.82, 2.24) is 9.55 Å². The lowest BCUT2D eigenvalue weighted by molar-refractivity contribution is -0.132. The SMILES string of the molecule is Cc1cccc2nc(C)n([C@H]3CCC(=O)CC3=O)c(=O)c12. The van der Waals surface area contributed by atoms with Gasteiger partial charge in [0.15, 0.2) is 5.78 Å². The lowest BCUT2D eigenvalue weighted by Gasteiger charge is -2.24. The molecule has 0 aliphatic heterocycles. The molecule has 0 saturated heterocycles. The largest absolute Gasteiger partial charge is 0.299 e. The Balaban J connectivity index is 2.24. The number of carbonyl (C=O) groups excluding carboxylic acids is 2. The number of nitrogens with zero attached hydrogens (tertiary/aromatic N) is 2. The zero-order chi connectivity index (χ0) is 15.1. The number of carbonyl (C=O) groups is 2. The van der Waals surface area contributed by atoms with Crippen molar-refractivity contribution < 1.29 is 9.59 Å². The van der Waals surface area contributed by atoms with Crippen LogP contribution in [0.25, 0.3) is 10.9 Å². The van der Waals surface area contributed by atoms with Gasteiger partial charge in [-0.25, -0.2) is 4.98 Å². The summed E-state index contributed by atoms with van der Waals surface area (Å²) in [6, 6.07) is 4.95. The van der Waals surface area contributed by atoms with Crippen molar-refractivity contribution in [1.29, 1.82) is 0 Å². The van der Waals surface area contributed by atoms with E-state index in [1.807, 2.05) is 19.1 Å². The van der Waals surface area contributed by atoms with Crippen molar-refractivity contribution in [3.05, 3.63) is 39.9 Å². The number of ketones is 2. The Morgan fingerprint density at radius 2 is 1.95 bits per heavy atom. The Morgan fingerprint density at radius 3 is 2.67 bits per heavy atom. The summed E-state index contributed by atoms with van der Waals surface area (Å²) < 4.78 is 1.46. The van der Waals surface area contributed by atoms with Crippen LogP contribution in [0.4, 0.5) is 0 Å². The van der Waals surface area contributed by atoms with Crippen LogP contribution >= 0.6 is 0 Å². The number of hydrogen-bond acceptors (Lipinski definition) is 4. The maximum atomic E-state index is 12.8. The zero-order valence-electron chi connectivity index (χ0n) is 12.0. The average molecular weight is 284 g/mol. The molecular formula is C16H16N2O3. The van der Waals surface area contributed by atoms with Crippen LogP contribution in [-0.4, -0.2) is 21.1 Å². The lowest BCUT2D eigenvalue weighted by atomic mass is 9.92. The molecule has 0 radical (unpaired) electrons. The first kappa shape index (κ1) is 13.7. The third-order valence-corrected chi connectivity index (χ3v) is 4.07. The highest BCUT2D eigenvalue weighted by Crippen LogP contribution is 2.24. The summed E-state index contributed by atoms with van der Waals surface area (Å²) in [6.45, 7) is 3.59. The molecule has 0 N–H and O–H groups in total. The van der Waals surface area contributed by atoms with Crippen LogP contribution in [0.15, 0.2) is 23.0 Å². The quantitative estimate of drug-likeness (QED) is 0.750. The number of Topliss-reactive ketones (excluding diaryl/α,β-unsaturated/α-hetero) is 2. The number of aryl methyl sites for hydroxylation is 2. The molecule has 1 saturated carbocycles. The van der Waals surface area contributed by atoms with Crippen molar-refractivity contribution in [2.24, 2.45) is 0 Å². The summed E-state index contributed by atoms with van der Waals surface area (Å²) in [5.74, 6) is 0.281. The lowest BCUT2D eigenvalue weighted by Crippen LogP contribution is -2.36. The van der Waals surface area contributed by atoms with E-state index in [2.05, 4.69) is 4.98 Å². The van der Waals surface area contributed by atoms with E-state index in [4.69, 9.17) is 0 Å². The van der Waals surface area contributed by atoms with Crippen LogP contribution in [0.1, 0.15) is 36.7 Å². The van der Waals surface area contributed by atoms with Gasteiger partial charge in [0.05, 0.1) is 23.4 Å². The Morgan fingerprint density at radius 1 is 1.19 bits per heavy atom. The summed E-state index contributed by atoms with van der Waals surface area (Å²) in [5.41, 5.74) is 1.30. The van der Waals surface area contributed by atoms with E-state index in [1.54, 1.807) is 13.0 Å². The predicted octanol–water partition coefficient (Wildman–Crippen LogP) is 1.88. The van der Waals surface area contributed by atoms with Crippen molar-refractivity contribution >= 4 is 22.5 Å². The minimum absolute atomic E-state index is 0.0492. The van der Waals surface area contributed by atoms with Gasteiger partial charge in [-0.2, -0.15) is 0 Å². The van der Waals surface area contributed by atoms with Crippen LogP contribution in [0.5, 0.6) is 0 Å². The molecule has 5 nitrogen and oxygen atoms in total. The second kappa shape index (κ2) is 4.91. The molecule has 1 heterocycles. The molecule has 0 unspecified atom stereocenters. The molecule has 1 aliphatic carbocycles. The Bertz CT molecular complexity index is 820. The van der Waals surface area contributed by atoms with E-state index in [0.717, 1.165) is 5.56 Å². The number of hydrogen-bond donors (Lipinski definition) is 0. The predicted molar refractivity (Wildman–Crippen MR) is 78.4 cm³/mol. The van der Waals surface area contributed by atoms with Gasteiger partial charge in [0.25, 0.3) is 5.56 Å². The van der Waals surface area contributed by atoms with Gasteiger partial charge in [0, 0.05) is 6.42 Å². The van der Waals surface area contributed by atoms with Gasteiger partial charge in [-0.3, -0.25) is 19.0 Å². The topological polar surface area (TPSA) is 69.0 Å². The summed E-state index contributed by atoms with van der Waals surface area (Å²) in [5, 5.41) is 0.549. The molecule has 0 bridgehead atoms. The average Bonchev–Trinajstić information content (AvgIpc) is 2.40. The van der Waals surface area contributed by atoms with Gasteiger partial charge in [0.2, 0.25) is 0 Å². The van der Waals surface area contributed by atoms with Crippen LogP contribution in [-0.2, 0) is 9.59 Å². The van der Waals surface area contributed by atoms with E-state index >= 15 is 0 Å². The summed E-state index contributed by atoms with van der Waals surface area (Å²) in [4.78, 5) is 40.7. The summed E-state index contributed by atoms with van der Waals surface area (Å²) in [7, 11) is 0. The van der Waals surface area contributed by atoms with Gasteiger partial charge in [-0.15, -0.1) is 0 Å². The molecule has 2 aromatic rings.